The average molecular weight is 652 g/mol. The van der Waals surface area contributed by atoms with Crippen molar-refractivity contribution < 1.29 is 32.2 Å². The van der Waals surface area contributed by atoms with Gasteiger partial charge in [-0.25, -0.2) is 15.0 Å². The molecule has 3 aromatic heterocycles. The van der Waals surface area contributed by atoms with Crippen molar-refractivity contribution in [2.45, 2.75) is 6.36 Å². The largest absolute Gasteiger partial charge is 0.573 e. The summed E-state index contributed by atoms with van der Waals surface area (Å²) in [5, 5.41) is 6.42. The van der Waals surface area contributed by atoms with Crippen LogP contribution in [0.25, 0.3) is 21.4 Å². The molecule has 5 heterocycles. The van der Waals surface area contributed by atoms with Gasteiger partial charge in [0.25, 0.3) is 5.91 Å². The smallest absolute Gasteiger partial charge is 0.406 e. The van der Waals surface area contributed by atoms with Gasteiger partial charge in [-0.15, -0.1) is 13.2 Å². The number of rotatable bonds is 9. The lowest BCUT2D eigenvalue weighted by molar-refractivity contribution is -0.274. The molecule has 13 nitrogen and oxygen atoms in total. The number of nitrogens with zero attached hydrogens (tertiary/aromatic N) is 6. The molecular weight excluding hydrogens is 615 g/mol. The standard InChI is InChI=1S/C22H22F3N7O3S.C6H14N2O/c1-31-18-16(10-13(12-27-18)19(33)26-4-5-32-6-8-34-9-7-32)28-20(31)30-21-29-15-3-2-14(11-17(15)36-21)35-22(23,24)25;7-1-2-8-3-5-9-6-4-8/h2-3,10-12H,4-9H2,1H3,(H,26,33)(H,28,29,30);1-7H2. The summed E-state index contributed by atoms with van der Waals surface area (Å²) >= 11 is 1.16. The summed E-state index contributed by atoms with van der Waals surface area (Å²) < 4.78 is 54.2. The van der Waals surface area contributed by atoms with Gasteiger partial charge >= 0.3 is 6.36 Å². The van der Waals surface area contributed by atoms with Crippen LogP contribution < -0.4 is 21.1 Å². The maximum atomic E-state index is 12.6. The molecule has 1 aromatic carbocycles. The SMILES string of the molecule is Cn1c(Nc2nc3ccc(OC(F)(F)F)cc3s2)nc2cc(C(=O)NCCN3CCOCC3)cnc21.NCCN1CCOCC1. The van der Waals surface area contributed by atoms with Crippen molar-refractivity contribution in [2.24, 2.45) is 12.8 Å². The molecule has 2 fully saturated rings. The third-order valence-corrected chi connectivity index (χ3v) is 8.08. The van der Waals surface area contributed by atoms with Crippen LogP contribution >= 0.6 is 11.3 Å². The Balaban J connectivity index is 0.000000383. The molecule has 4 N–H and O–H groups in total. The molecule has 0 spiro atoms. The molecular formula is C28H36F3N9O4S. The summed E-state index contributed by atoms with van der Waals surface area (Å²) in [6.45, 7) is 10.0. The van der Waals surface area contributed by atoms with Crippen LogP contribution in [0.3, 0.4) is 0 Å². The van der Waals surface area contributed by atoms with Crippen LogP contribution in [0.1, 0.15) is 10.4 Å². The van der Waals surface area contributed by atoms with Crippen molar-refractivity contribution in [3.63, 3.8) is 0 Å². The zero-order chi connectivity index (χ0) is 31.8. The number of benzene rings is 1. The summed E-state index contributed by atoms with van der Waals surface area (Å²) in [6, 6.07) is 5.62. The molecule has 2 aliphatic rings. The van der Waals surface area contributed by atoms with Gasteiger partial charge in [0.1, 0.15) is 11.3 Å². The third-order valence-electron chi connectivity index (χ3n) is 7.15. The van der Waals surface area contributed by atoms with Gasteiger partial charge in [0.2, 0.25) is 5.95 Å². The molecule has 0 radical (unpaired) electrons. The second-order valence-electron chi connectivity index (χ2n) is 10.3. The molecule has 2 aliphatic heterocycles. The number of nitrogens with one attached hydrogen (secondary N) is 2. The first-order valence-corrected chi connectivity index (χ1v) is 15.3. The number of carbonyl (C=O) groups excluding carboxylic acids is 1. The average Bonchev–Trinajstić information content (AvgIpc) is 3.56. The normalized spacial score (nSPS) is 16.4. The lowest BCUT2D eigenvalue weighted by Crippen LogP contribution is -2.41. The second kappa shape index (κ2) is 15.1. The number of halogens is 3. The number of anilines is 2. The molecule has 2 saturated heterocycles. The predicted octanol–water partition coefficient (Wildman–Crippen LogP) is 2.56. The highest BCUT2D eigenvalue weighted by molar-refractivity contribution is 7.22. The van der Waals surface area contributed by atoms with Crippen molar-refractivity contribution in [3.8, 4) is 5.75 Å². The zero-order valence-electron chi connectivity index (χ0n) is 24.8. The lowest BCUT2D eigenvalue weighted by atomic mass is 10.2. The number of imidazole rings is 1. The van der Waals surface area contributed by atoms with Crippen LogP contribution in [0, 0.1) is 0 Å². The summed E-state index contributed by atoms with van der Waals surface area (Å²) in [5.74, 6) is -0.123. The van der Waals surface area contributed by atoms with Gasteiger partial charge in [-0.05, 0) is 18.2 Å². The molecule has 0 unspecified atom stereocenters. The van der Waals surface area contributed by atoms with Crippen molar-refractivity contribution in [1.29, 1.82) is 0 Å². The molecule has 0 bridgehead atoms. The number of fused-ring (bicyclic) bond motifs is 2. The number of amides is 1. The van der Waals surface area contributed by atoms with E-state index in [0.29, 0.717) is 57.8 Å². The van der Waals surface area contributed by atoms with E-state index in [0.717, 1.165) is 70.4 Å². The quantitative estimate of drug-likeness (QED) is 0.246. The van der Waals surface area contributed by atoms with Gasteiger partial charge in [-0.3, -0.25) is 19.2 Å². The van der Waals surface area contributed by atoms with Crippen LogP contribution in [0.15, 0.2) is 30.5 Å². The molecule has 4 aromatic rings. The number of alkyl halides is 3. The van der Waals surface area contributed by atoms with E-state index in [2.05, 4.69) is 40.1 Å². The maximum absolute atomic E-state index is 12.6. The Hall–Kier alpha value is -3.61. The number of morpholine rings is 2. The fraction of sp³-hybridized carbons (Fsp3) is 0.500. The Morgan fingerprint density at radius 3 is 2.38 bits per heavy atom. The topological polar surface area (TPSA) is 145 Å². The van der Waals surface area contributed by atoms with Crippen LogP contribution in [0.2, 0.25) is 0 Å². The van der Waals surface area contributed by atoms with E-state index in [1.165, 1.54) is 24.4 Å². The third kappa shape index (κ3) is 9.21. The first kappa shape index (κ1) is 32.8. The van der Waals surface area contributed by atoms with E-state index < -0.39 is 6.36 Å². The minimum Gasteiger partial charge on any atom is -0.406 e. The van der Waals surface area contributed by atoms with Crippen molar-refractivity contribution in [2.75, 3.05) is 84.1 Å². The molecule has 6 rings (SSSR count). The molecule has 0 aliphatic carbocycles. The molecule has 244 valence electrons. The molecule has 0 atom stereocenters. The van der Waals surface area contributed by atoms with Gasteiger partial charge < -0.3 is 30.6 Å². The van der Waals surface area contributed by atoms with E-state index in [-0.39, 0.29) is 11.7 Å². The van der Waals surface area contributed by atoms with E-state index >= 15 is 0 Å². The molecule has 0 saturated carbocycles. The number of ether oxygens (including phenoxy) is 3. The number of carbonyl (C=O) groups is 1. The highest BCUT2D eigenvalue weighted by Gasteiger charge is 2.31. The Morgan fingerprint density at radius 1 is 1.02 bits per heavy atom. The Bertz CT molecular complexity index is 1570. The molecule has 1 amide bonds. The highest BCUT2D eigenvalue weighted by atomic mass is 32.1. The predicted molar refractivity (Wildman–Crippen MR) is 164 cm³/mol. The summed E-state index contributed by atoms with van der Waals surface area (Å²) in [7, 11) is 1.76. The summed E-state index contributed by atoms with van der Waals surface area (Å²) in [5.41, 5.74) is 7.37. The second-order valence-corrected chi connectivity index (χ2v) is 11.4. The number of aromatic nitrogens is 4. The van der Waals surface area contributed by atoms with Gasteiger partial charge in [-0.2, -0.15) is 0 Å². The van der Waals surface area contributed by atoms with Crippen molar-refractivity contribution in [3.05, 3.63) is 36.0 Å². The minimum atomic E-state index is -4.77. The molecule has 17 heteroatoms. The molecule has 45 heavy (non-hydrogen) atoms. The number of hydrogen-bond donors (Lipinski definition) is 3. The van der Waals surface area contributed by atoms with Gasteiger partial charge in [0.05, 0.1) is 42.2 Å². The number of hydrogen-bond acceptors (Lipinski definition) is 12. The van der Waals surface area contributed by atoms with E-state index in [1.807, 2.05) is 0 Å². The van der Waals surface area contributed by atoms with Crippen LogP contribution in [-0.2, 0) is 16.5 Å². The van der Waals surface area contributed by atoms with E-state index in [4.69, 9.17) is 15.2 Å². The summed E-state index contributed by atoms with van der Waals surface area (Å²) in [6.07, 6.45) is -3.27. The van der Waals surface area contributed by atoms with Crippen molar-refractivity contribution in [1.82, 2.24) is 34.6 Å². The number of thiazole rings is 1. The van der Waals surface area contributed by atoms with E-state index in [9.17, 15) is 18.0 Å². The van der Waals surface area contributed by atoms with Crippen LogP contribution in [-0.4, -0.2) is 120 Å². The van der Waals surface area contributed by atoms with Crippen LogP contribution in [0.4, 0.5) is 24.3 Å². The number of nitrogens with two attached hydrogens (primary N) is 1. The fourth-order valence-corrected chi connectivity index (χ4v) is 5.71. The monoisotopic (exact) mass is 651 g/mol. The van der Waals surface area contributed by atoms with Gasteiger partial charge in [0, 0.05) is 71.7 Å². The van der Waals surface area contributed by atoms with Gasteiger partial charge in [-0.1, -0.05) is 11.3 Å². The Morgan fingerprint density at radius 2 is 1.71 bits per heavy atom. The minimum absolute atomic E-state index is 0.235. The first-order valence-electron chi connectivity index (χ1n) is 14.5. The summed E-state index contributed by atoms with van der Waals surface area (Å²) in [4.78, 5) is 30.4. The van der Waals surface area contributed by atoms with E-state index in [1.54, 1.807) is 17.7 Å². The zero-order valence-corrected chi connectivity index (χ0v) is 25.6. The highest BCUT2D eigenvalue weighted by Crippen LogP contribution is 2.33. The Labute approximate surface area is 261 Å². The van der Waals surface area contributed by atoms with Crippen molar-refractivity contribution >= 4 is 49.7 Å². The fourth-order valence-electron chi connectivity index (χ4n) is 4.82. The van der Waals surface area contributed by atoms with Crippen LogP contribution in [0.5, 0.6) is 5.75 Å². The lowest BCUT2D eigenvalue weighted by Gasteiger charge is -2.26. The maximum Gasteiger partial charge on any atom is 0.573 e. The first-order chi connectivity index (χ1) is 21.7. The number of aryl methyl sites for hydroxylation is 1. The number of pyridine rings is 1. The Kier molecular flexibility index (Phi) is 11.0. The van der Waals surface area contributed by atoms with Gasteiger partial charge in [0.15, 0.2) is 10.8 Å².